The van der Waals surface area contributed by atoms with Crippen LogP contribution in [0.5, 0.6) is 0 Å². The Balaban J connectivity index is 1.71. The molecule has 1 aliphatic heterocycles. The maximum atomic E-state index is 12.9. The fourth-order valence-electron chi connectivity index (χ4n) is 2.39. The van der Waals surface area contributed by atoms with Crippen LogP contribution in [0.25, 0.3) is 0 Å². The lowest BCUT2D eigenvalue weighted by atomic mass is 10.2. The van der Waals surface area contributed by atoms with Gasteiger partial charge < -0.3 is 5.32 Å². The number of quaternary nitrogens is 1. The van der Waals surface area contributed by atoms with Gasteiger partial charge in [-0.2, -0.15) is 0 Å². The van der Waals surface area contributed by atoms with Crippen molar-refractivity contribution in [2.24, 2.45) is 0 Å². The van der Waals surface area contributed by atoms with Crippen LogP contribution in [0.4, 0.5) is 10.1 Å². The summed E-state index contributed by atoms with van der Waals surface area (Å²) in [6.07, 6.45) is 0.182. The number of thiophene rings is 1. The summed E-state index contributed by atoms with van der Waals surface area (Å²) in [4.78, 5) is 26.7. The molecule has 0 aliphatic carbocycles. The first-order valence-electron chi connectivity index (χ1n) is 6.63. The Morgan fingerprint density at radius 1 is 1.24 bits per heavy atom. The van der Waals surface area contributed by atoms with Crippen molar-refractivity contribution in [2.45, 2.75) is 19.0 Å². The molecule has 2 N–H and O–H groups in total. The van der Waals surface area contributed by atoms with E-state index in [4.69, 9.17) is 0 Å². The van der Waals surface area contributed by atoms with Crippen LogP contribution in [0.2, 0.25) is 0 Å². The lowest BCUT2D eigenvalue weighted by molar-refractivity contribution is -0.689. The number of nitrogens with zero attached hydrogens (tertiary/aromatic N) is 1. The molecule has 2 amide bonds. The van der Waals surface area contributed by atoms with Gasteiger partial charge in [0.1, 0.15) is 12.4 Å². The zero-order valence-electron chi connectivity index (χ0n) is 11.2. The molecule has 2 heterocycles. The molecule has 0 spiro atoms. The van der Waals surface area contributed by atoms with Crippen LogP contribution in [0.15, 0.2) is 41.8 Å². The number of carbonyl (C=O) groups is 2. The number of nitrogens with two attached hydrogens (primary N) is 1. The van der Waals surface area contributed by atoms with Crippen molar-refractivity contribution in [1.82, 2.24) is 0 Å². The average Bonchev–Trinajstić information content (AvgIpc) is 3.07. The van der Waals surface area contributed by atoms with E-state index in [1.54, 1.807) is 11.3 Å². The lowest BCUT2D eigenvalue weighted by Gasteiger charge is -2.13. The summed E-state index contributed by atoms with van der Waals surface area (Å²) >= 11 is 1.62. The number of imide groups is 1. The van der Waals surface area contributed by atoms with E-state index < -0.39 is 11.9 Å². The lowest BCUT2D eigenvalue weighted by Crippen LogP contribution is -2.90. The molecular formula is C15H14FN2O2S+. The summed E-state index contributed by atoms with van der Waals surface area (Å²) in [5.41, 5.74) is 0.429. The van der Waals surface area contributed by atoms with Gasteiger partial charge in [0.2, 0.25) is 5.91 Å². The van der Waals surface area contributed by atoms with E-state index in [0.29, 0.717) is 12.2 Å². The summed E-state index contributed by atoms with van der Waals surface area (Å²) in [7, 11) is 0. The third-order valence-electron chi connectivity index (χ3n) is 3.45. The van der Waals surface area contributed by atoms with Crippen molar-refractivity contribution < 1.29 is 19.3 Å². The van der Waals surface area contributed by atoms with Crippen molar-refractivity contribution >= 4 is 28.8 Å². The predicted molar refractivity (Wildman–Crippen MR) is 77.2 cm³/mol. The number of halogens is 1. The van der Waals surface area contributed by atoms with Gasteiger partial charge >= 0.3 is 0 Å². The number of hydrogen-bond donors (Lipinski definition) is 1. The summed E-state index contributed by atoms with van der Waals surface area (Å²) in [5.74, 6) is -0.860. The molecule has 1 fully saturated rings. The number of anilines is 1. The molecule has 0 bridgehead atoms. The highest BCUT2D eigenvalue weighted by molar-refractivity contribution is 7.09. The first kappa shape index (κ1) is 13.9. The Labute approximate surface area is 125 Å². The molecule has 1 aromatic heterocycles. The molecule has 21 heavy (non-hydrogen) atoms. The molecule has 1 aromatic carbocycles. The fourth-order valence-corrected chi connectivity index (χ4v) is 3.07. The van der Waals surface area contributed by atoms with Gasteiger partial charge in [0.05, 0.1) is 17.0 Å². The summed E-state index contributed by atoms with van der Waals surface area (Å²) in [5, 5.41) is 3.87. The van der Waals surface area contributed by atoms with E-state index in [-0.39, 0.29) is 18.2 Å². The predicted octanol–water partition coefficient (Wildman–Crippen LogP) is 1.28. The van der Waals surface area contributed by atoms with Crippen LogP contribution in [0.3, 0.4) is 0 Å². The zero-order valence-corrected chi connectivity index (χ0v) is 12.0. The largest absolute Gasteiger partial charge is 0.331 e. The molecule has 108 valence electrons. The van der Waals surface area contributed by atoms with Crippen LogP contribution >= 0.6 is 11.3 Å². The number of rotatable bonds is 4. The molecule has 0 radical (unpaired) electrons. The molecule has 1 atom stereocenters. The highest BCUT2D eigenvalue weighted by Crippen LogP contribution is 2.21. The minimum absolute atomic E-state index is 0.182. The van der Waals surface area contributed by atoms with E-state index in [0.717, 1.165) is 9.78 Å². The summed E-state index contributed by atoms with van der Waals surface area (Å²) in [6, 6.07) is 8.96. The van der Waals surface area contributed by atoms with E-state index in [2.05, 4.69) is 0 Å². The number of carbonyl (C=O) groups excluding carboxylic acids is 2. The quantitative estimate of drug-likeness (QED) is 0.865. The molecular weight excluding hydrogens is 291 g/mol. The maximum Gasteiger partial charge on any atom is 0.292 e. The highest BCUT2D eigenvalue weighted by Gasteiger charge is 2.42. The number of benzene rings is 1. The number of hydrogen-bond acceptors (Lipinski definition) is 3. The van der Waals surface area contributed by atoms with Crippen LogP contribution in [-0.2, 0) is 16.1 Å². The van der Waals surface area contributed by atoms with Gasteiger partial charge in [-0.05, 0) is 35.7 Å². The molecule has 6 heteroatoms. The SMILES string of the molecule is O=C1C[C@@H]([NH2+]Cc2cccs2)C(=O)N1c1ccc(F)cc1. The van der Waals surface area contributed by atoms with Gasteiger partial charge in [0, 0.05) is 0 Å². The van der Waals surface area contributed by atoms with Crippen molar-refractivity contribution in [1.29, 1.82) is 0 Å². The molecule has 2 aromatic rings. The van der Waals surface area contributed by atoms with E-state index in [1.807, 2.05) is 22.8 Å². The second-order valence-corrected chi connectivity index (χ2v) is 5.91. The topological polar surface area (TPSA) is 54.0 Å². The van der Waals surface area contributed by atoms with Crippen molar-refractivity contribution in [3.63, 3.8) is 0 Å². The first-order chi connectivity index (χ1) is 10.1. The standard InChI is InChI=1S/C15H13FN2O2S/c16-10-3-5-11(6-4-10)18-14(19)8-13(15(18)20)17-9-12-2-1-7-21-12/h1-7,13,17H,8-9H2/p+1/t13-/m1/s1. The van der Waals surface area contributed by atoms with Gasteiger partial charge in [-0.15, -0.1) is 11.3 Å². The molecule has 0 unspecified atom stereocenters. The highest BCUT2D eigenvalue weighted by atomic mass is 32.1. The second kappa shape index (κ2) is 5.75. The van der Waals surface area contributed by atoms with Crippen LogP contribution in [-0.4, -0.2) is 17.9 Å². The minimum atomic E-state index is -0.398. The van der Waals surface area contributed by atoms with E-state index in [1.165, 1.54) is 24.3 Å². The van der Waals surface area contributed by atoms with Crippen LogP contribution in [0, 0.1) is 5.82 Å². The van der Waals surface area contributed by atoms with Crippen molar-refractivity contribution in [2.75, 3.05) is 4.90 Å². The summed E-state index contributed by atoms with van der Waals surface area (Å²) in [6.45, 7) is 0.679. The molecule has 3 rings (SSSR count). The molecule has 1 aliphatic rings. The van der Waals surface area contributed by atoms with Gasteiger partial charge in [0.25, 0.3) is 5.91 Å². The Morgan fingerprint density at radius 3 is 2.67 bits per heavy atom. The Morgan fingerprint density at radius 2 is 2.00 bits per heavy atom. The van der Waals surface area contributed by atoms with Gasteiger partial charge in [-0.3, -0.25) is 9.59 Å². The van der Waals surface area contributed by atoms with Crippen LogP contribution < -0.4 is 10.2 Å². The monoisotopic (exact) mass is 305 g/mol. The third kappa shape index (κ3) is 2.86. The van der Waals surface area contributed by atoms with Gasteiger partial charge in [0.15, 0.2) is 6.04 Å². The van der Waals surface area contributed by atoms with Gasteiger partial charge in [-0.1, -0.05) is 6.07 Å². The molecule has 4 nitrogen and oxygen atoms in total. The first-order valence-corrected chi connectivity index (χ1v) is 7.51. The fraction of sp³-hybridized carbons (Fsp3) is 0.200. The maximum absolute atomic E-state index is 12.9. The Hall–Kier alpha value is -2.05. The zero-order chi connectivity index (χ0) is 14.8. The van der Waals surface area contributed by atoms with Crippen molar-refractivity contribution in [3.8, 4) is 0 Å². The second-order valence-electron chi connectivity index (χ2n) is 4.87. The Bertz CT molecular complexity index is 655. The third-order valence-corrected chi connectivity index (χ3v) is 4.35. The summed E-state index contributed by atoms with van der Waals surface area (Å²) < 4.78 is 12.9. The molecule has 1 saturated heterocycles. The van der Waals surface area contributed by atoms with Crippen LogP contribution in [0.1, 0.15) is 11.3 Å². The molecule has 0 saturated carbocycles. The van der Waals surface area contributed by atoms with Gasteiger partial charge in [-0.25, -0.2) is 9.29 Å². The van der Waals surface area contributed by atoms with E-state index in [9.17, 15) is 14.0 Å². The average molecular weight is 305 g/mol. The van der Waals surface area contributed by atoms with E-state index >= 15 is 0 Å². The minimum Gasteiger partial charge on any atom is -0.331 e. The normalized spacial score (nSPS) is 18.5. The number of amides is 2. The van der Waals surface area contributed by atoms with Crippen molar-refractivity contribution in [3.05, 3.63) is 52.5 Å². The smallest absolute Gasteiger partial charge is 0.292 e. The Kier molecular flexibility index (Phi) is 3.81.